The van der Waals surface area contributed by atoms with Crippen molar-refractivity contribution in [2.24, 2.45) is 0 Å². The highest BCUT2D eigenvalue weighted by Gasteiger charge is 2.25. The molecule has 0 heterocycles. The van der Waals surface area contributed by atoms with E-state index in [4.69, 9.17) is 0 Å². The highest BCUT2D eigenvalue weighted by Crippen LogP contribution is 2.19. The Hall–Kier alpha value is -0.950. The van der Waals surface area contributed by atoms with Crippen LogP contribution in [0.5, 0.6) is 0 Å². The minimum Gasteiger partial charge on any atom is -0.392 e. The van der Waals surface area contributed by atoms with Crippen LogP contribution in [0.2, 0.25) is 0 Å². The number of hydrogen-bond acceptors (Lipinski definition) is 4. The van der Waals surface area contributed by atoms with E-state index in [1.165, 1.54) is 0 Å². The largest absolute Gasteiger partial charge is 0.392 e. The minimum absolute atomic E-state index is 0.171. The number of rotatable bonds is 7. The highest BCUT2D eigenvalue weighted by atomic mass is 32.2. The van der Waals surface area contributed by atoms with Gasteiger partial charge in [-0.15, -0.1) is 0 Å². The second kappa shape index (κ2) is 6.87. The maximum absolute atomic E-state index is 12.5. The molecule has 0 spiro atoms. The van der Waals surface area contributed by atoms with Gasteiger partial charge in [-0.25, -0.2) is 13.1 Å². The van der Waals surface area contributed by atoms with Crippen molar-refractivity contribution in [2.45, 2.75) is 44.2 Å². The summed E-state index contributed by atoms with van der Waals surface area (Å²) in [6, 6.07) is 5.06. The number of sulfonamides is 1. The molecule has 5 nitrogen and oxygen atoms in total. The summed E-state index contributed by atoms with van der Waals surface area (Å²) in [5.41, 5.74) is 1.07. The first-order valence-electron chi connectivity index (χ1n) is 7.04. The molecule has 0 amide bonds. The Balaban J connectivity index is 3.08. The van der Waals surface area contributed by atoms with Crippen LogP contribution >= 0.6 is 0 Å². The van der Waals surface area contributed by atoms with E-state index < -0.39 is 10.0 Å². The third-order valence-electron chi connectivity index (χ3n) is 3.89. The number of hydrogen-bond donors (Lipinski definition) is 2. The van der Waals surface area contributed by atoms with Gasteiger partial charge < -0.3 is 10.0 Å². The van der Waals surface area contributed by atoms with E-state index in [9.17, 15) is 13.5 Å². The number of benzene rings is 1. The lowest BCUT2D eigenvalue weighted by molar-refractivity contribution is 0.199. The fourth-order valence-corrected chi connectivity index (χ4v) is 3.31. The molecule has 1 aromatic rings. The van der Waals surface area contributed by atoms with Gasteiger partial charge in [0.1, 0.15) is 0 Å². The summed E-state index contributed by atoms with van der Waals surface area (Å²) in [4.78, 5) is 2.23. The predicted molar refractivity (Wildman–Crippen MR) is 84.7 cm³/mol. The van der Waals surface area contributed by atoms with Gasteiger partial charge in [-0.05, 0) is 51.6 Å². The van der Waals surface area contributed by atoms with Crippen molar-refractivity contribution in [1.29, 1.82) is 0 Å². The van der Waals surface area contributed by atoms with E-state index in [-0.39, 0.29) is 17.0 Å². The highest BCUT2D eigenvalue weighted by molar-refractivity contribution is 7.89. The average molecular weight is 314 g/mol. The Kier molecular flexibility index (Phi) is 5.92. The summed E-state index contributed by atoms with van der Waals surface area (Å²) in [5, 5.41) is 9.20. The molecule has 0 unspecified atom stereocenters. The Labute approximate surface area is 128 Å². The molecular weight excluding hydrogens is 288 g/mol. The molecule has 21 heavy (non-hydrogen) atoms. The standard InChI is InChI=1S/C15H26N2O3S/c1-6-13-8-7-12(10-18)9-14(13)21(19,20)16-11-15(2,3)17(4)5/h7-9,16,18H,6,10-11H2,1-5H3. The van der Waals surface area contributed by atoms with Crippen LogP contribution < -0.4 is 4.72 Å². The Bertz CT molecular complexity index is 581. The number of nitrogens with one attached hydrogen (secondary N) is 1. The molecule has 0 atom stereocenters. The van der Waals surface area contributed by atoms with Gasteiger partial charge >= 0.3 is 0 Å². The maximum Gasteiger partial charge on any atom is 0.240 e. The SMILES string of the molecule is CCc1ccc(CO)cc1S(=O)(=O)NCC(C)(C)N(C)C. The summed E-state index contributed by atoms with van der Waals surface area (Å²) < 4.78 is 27.7. The van der Waals surface area contributed by atoms with Crippen LogP contribution in [0.4, 0.5) is 0 Å². The van der Waals surface area contributed by atoms with Crippen LogP contribution in [0.15, 0.2) is 23.1 Å². The fourth-order valence-electron chi connectivity index (χ4n) is 1.75. The zero-order valence-electron chi connectivity index (χ0n) is 13.5. The van der Waals surface area contributed by atoms with Crippen LogP contribution in [0.25, 0.3) is 0 Å². The van der Waals surface area contributed by atoms with Crippen molar-refractivity contribution in [3.05, 3.63) is 29.3 Å². The molecule has 0 aliphatic rings. The van der Waals surface area contributed by atoms with Crippen LogP contribution in [-0.4, -0.2) is 44.6 Å². The first kappa shape index (κ1) is 18.1. The molecule has 0 aliphatic carbocycles. The Morgan fingerprint density at radius 1 is 1.29 bits per heavy atom. The lowest BCUT2D eigenvalue weighted by Crippen LogP contribution is -2.48. The average Bonchev–Trinajstić information content (AvgIpc) is 2.44. The van der Waals surface area contributed by atoms with Crippen LogP contribution in [0, 0.1) is 0 Å². The molecule has 0 saturated carbocycles. The smallest absolute Gasteiger partial charge is 0.240 e. The van der Waals surface area contributed by atoms with Crippen molar-refractivity contribution in [3.63, 3.8) is 0 Å². The van der Waals surface area contributed by atoms with Gasteiger partial charge in [0.05, 0.1) is 11.5 Å². The van der Waals surface area contributed by atoms with E-state index in [0.29, 0.717) is 18.5 Å². The molecule has 0 aliphatic heterocycles. The molecule has 0 saturated heterocycles. The normalized spacial score (nSPS) is 12.9. The lowest BCUT2D eigenvalue weighted by Gasteiger charge is -2.32. The van der Waals surface area contributed by atoms with Crippen LogP contribution in [-0.2, 0) is 23.1 Å². The van der Waals surface area contributed by atoms with Crippen molar-refractivity contribution in [2.75, 3.05) is 20.6 Å². The first-order valence-corrected chi connectivity index (χ1v) is 8.52. The molecule has 1 rings (SSSR count). The molecule has 0 radical (unpaired) electrons. The van der Waals surface area contributed by atoms with Gasteiger partial charge in [-0.2, -0.15) is 0 Å². The van der Waals surface area contributed by atoms with Crippen molar-refractivity contribution < 1.29 is 13.5 Å². The van der Waals surface area contributed by atoms with Gasteiger partial charge in [0.15, 0.2) is 0 Å². The number of likely N-dealkylation sites (N-methyl/N-ethyl adjacent to an activating group) is 1. The maximum atomic E-state index is 12.5. The third-order valence-corrected chi connectivity index (χ3v) is 5.37. The molecule has 0 bridgehead atoms. The predicted octanol–water partition coefficient (Wildman–Crippen LogP) is 1.36. The quantitative estimate of drug-likeness (QED) is 0.797. The van der Waals surface area contributed by atoms with Crippen LogP contribution in [0.1, 0.15) is 31.9 Å². The molecule has 0 aromatic heterocycles. The topological polar surface area (TPSA) is 69.6 Å². The zero-order chi connectivity index (χ0) is 16.3. The zero-order valence-corrected chi connectivity index (χ0v) is 14.3. The minimum atomic E-state index is -3.59. The molecule has 2 N–H and O–H groups in total. The van der Waals surface area contributed by atoms with Crippen molar-refractivity contribution in [3.8, 4) is 0 Å². The monoisotopic (exact) mass is 314 g/mol. The Morgan fingerprint density at radius 2 is 1.90 bits per heavy atom. The van der Waals surface area contributed by atoms with Crippen molar-refractivity contribution >= 4 is 10.0 Å². The number of aliphatic hydroxyl groups excluding tert-OH is 1. The molecule has 120 valence electrons. The molecule has 1 aromatic carbocycles. The summed E-state index contributed by atoms with van der Waals surface area (Å²) in [5.74, 6) is 0. The summed E-state index contributed by atoms with van der Waals surface area (Å²) >= 11 is 0. The number of aryl methyl sites for hydroxylation is 1. The Morgan fingerprint density at radius 3 is 2.38 bits per heavy atom. The molecule has 6 heteroatoms. The summed E-state index contributed by atoms with van der Waals surface area (Å²) in [7, 11) is 0.240. The number of nitrogens with zero attached hydrogens (tertiary/aromatic N) is 1. The van der Waals surface area contributed by atoms with Gasteiger partial charge in [-0.1, -0.05) is 19.1 Å². The van der Waals surface area contributed by atoms with E-state index in [0.717, 1.165) is 5.56 Å². The first-order chi connectivity index (χ1) is 9.64. The summed E-state index contributed by atoms with van der Waals surface area (Å²) in [6.07, 6.45) is 0.624. The van der Waals surface area contributed by atoms with Gasteiger partial charge in [0.25, 0.3) is 0 Å². The van der Waals surface area contributed by atoms with E-state index >= 15 is 0 Å². The van der Waals surface area contributed by atoms with Gasteiger partial charge in [-0.3, -0.25) is 0 Å². The van der Waals surface area contributed by atoms with E-state index in [1.807, 2.05) is 39.8 Å². The summed E-state index contributed by atoms with van der Waals surface area (Å²) in [6.45, 7) is 6.00. The van der Waals surface area contributed by atoms with E-state index in [2.05, 4.69) is 4.72 Å². The lowest BCUT2D eigenvalue weighted by atomic mass is 10.1. The third kappa shape index (κ3) is 4.51. The fraction of sp³-hybridized carbons (Fsp3) is 0.600. The van der Waals surface area contributed by atoms with Crippen LogP contribution in [0.3, 0.4) is 0 Å². The van der Waals surface area contributed by atoms with Gasteiger partial charge in [0, 0.05) is 12.1 Å². The van der Waals surface area contributed by atoms with Crippen molar-refractivity contribution in [1.82, 2.24) is 9.62 Å². The van der Waals surface area contributed by atoms with E-state index in [1.54, 1.807) is 18.2 Å². The second-order valence-corrected chi connectivity index (χ2v) is 7.72. The van der Waals surface area contributed by atoms with Gasteiger partial charge in [0.2, 0.25) is 10.0 Å². The second-order valence-electron chi connectivity index (χ2n) is 5.99. The molecule has 0 fully saturated rings. The molecular formula is C15H26N2O3S. The number of aliphatic hydroxyl groups is 1.